The Bertz CT molecular complexity index is 592. The van der Waals surface area contributed by atoms with Crippen molar-refractivity contribution in [2.75, 3.05) is 6.61 Å². The second-order valence-corrected chi connectivity index (χ2v) is 6.98. The van der Waals surface area contributed by atoms with Gasteiger partial charge in [0.2, 0.25) is 0 Å². The Hall–Kier alpha value is -1.82. The molecule has 0 aromatic heterocycles. The quantitative estimate of drug-likeness (QED) is 0.576. The molecular formula is C18H27N3O2S. The molecule has 1 aromatic carbocycles. The molecular weight excluding hydrogens is 322 g/mol. The SMILES string of the molecule is Cc1ccc(C)c(OCC(=O)NNC(=S)N[C@@H]2CCCC[C@@H]2C)c1. The zero-order valence-electron chi connectivity index (χ0n) is 14.6. The number of hydrogen-bond donors (Lipinski definition) is 3. The van der Waals surface area contributed by atoms with Crippen LogP contribution in [0.2, 0.25) is 0 Å². The van der Waals surface area contributed by atoms with Gasteiger partial charge in [0.25, 0.3) is 5.91 Å². The molecule has 1 fully saturated rings. The smallest absolute Gasteiger partial charge is 0.276 e. The number of thiocarbonyl (C=S) groups is 1. The number of nitrogens with one attached hydrogen (secondary N) is 3. The van der Waals surface area contributed by atoms with Crippen molar-refractivity contribution in [3.05, 3.63) is 29.3 Å². The molecule has 1 amide bonds. The van der Waals surface area contributed by atoms with Gasteiger partial charge >= 0.3 is 0 Å². The summed E-state index contributed by atoms with van der Waals surface area (Å²) in [6, 6.07) is 6.29. The number of amides is 1. The predicted molar refractivity (Wildman–Crippen MR) is 99.8 cm³/mol. The molecule has 2 atom stereocenters. The maximum Gasteiger partial charge on any atom is 0.276 e. The maximum atomic E-state index is 11.9. The van der Waals surface area contributed by atoms with Crippen molar-refractivity contribution in [3.63, 3.8) is 0 Å². The second-order valence-electron chi connectivity index (χ2n) is 6.57. The van der Waals surface area contributed by atoms with Gasteiger partial charge in [-0.1, -0.05) is 31.9 Å². The molecule has 0 radical (unpaired) electrons. The van der Waals surface area contributed by atoms with E-state index >= 15 is 0 Å². The normalized spacial score (nSPS) is 20.1. The Morgan fingerprint density at radius 1 is 1.25 bits per heavy atom. The van der Waals surface area contributed by atoms with Gasteiger partial charge in [0, 0.05) is 6.04 Å². The minimum absolute atomic E-state index is 0.0558. The van der Waals surface area contributed by atoms with E-state index in [9.17, 15) is 4.79 Å². The molecule has 2 rings (SSSR count). The highest BCUT2D eigenvalue weighted by molar-refractivity contribution is 7.80. The third-order valence-corrected chi connectivity index (χ3v) is 4.67. The first-order chi connectivity index (χ1) is 11.5. The van der Waals surface area contributed by atoms with Crippen LogP contribution in [0.5, 0.6) is 5.75 Å². The minimum atomic E-state index is -0.267. The van der Waals surface area contributed by atoms with Gasteiger partial charge in [0.15, 0.2) is 11.7 Å². The van der Waals surface area contributed by atoms with Gasteiger partial charge < -0.3 is 10.1 Å². The molecule has 3 N–H and O–H groups in total. The Morgan fingerprint density at radius 3 is 2.75 bits per heavy atom. The molecule has 132 valence electrons. The first-order valence-electron chi connectivity index (χ1n) is 8.51. The van der Waals surface area contributed by atoms with E-state index in [1.165, 1.54) is 19.3 Å². The highest BCUT2D eigenvalue weighted by Gasteiger charge is 2.21. The zero-order valence-corrected chi connectivity index (χ0v) is 15.5. The van der Waals surface area contributed by atoms with Crippen molar-refractivity contribution < 1.29 is 9.53 Å². The zero-order chi connectivity index (χ0) is 17.5. The molecule has 6 heteroatoms. The molecule has 1 aliphatic carbocycles. The summed E-state index contributed by atoms with van der Waals surface area (Å²) in [6.07, 6.45) is 4.84. The van der Waals surface area contributed by atoms with Crippen LogP contribution in [0.3, 0.4) is 0 Å². The Balaban J connectivity index is 1.70. The average molecular weight is 350 g/mol. The van der Waals surface area contributed by atoms with Crippen LogP contribution >= 0.6 is 12.2 Å². The Labute approximate surface area is 149 Å². The molecule has 5 nitrogen and oxygen atoms in total. The average Bonchev–Trinajstić information content (AvgIpc) is 2.56. The van der Waals surface area contributed by atoms with Crippen LogP contribution in [0.4, 0.5) is 0 Å². The molecule has 1 aliphatic rings. The van der Waals surface area contributed by atoms with Gasteiger partial charge in [0.05, 0.1) is 0 Å². The lowest BCUT2D eigenvalue weighted by Gasteiger charge is -2.30. The van der Waals surface area contributed by atoms with E-state index in [0.29, 0.717) is 17.1 Å². The van der Waals surface area contributed by atoms with E-state index < -0.39 is 0 Å². The van der Waals surface area contributed by atoms with E-state index in [2.05, 4.69) is 23.1 Å². The van der Waals surface area contributed by atoms with Crippen molar-refractivity contribution in [1.82, 2.24) is 16.2 Å². The Kier molecular flexibility index (Phi) is 6.85. The lowest BCUT2D eigenvalue weighted by atomic mass is 9.86. The predicted octanol–water partition coefficient (Wildman–Crippen LogP) is 2.76. The number of hydrazine groups is 1. The summed E-state index contributed by atoms with van der Waals surface area (Å²) in [5, 5.41) is 3.73. The highest BCUT2D eigenvalue weighted by atomic mass is 32.1. The van der Waals surface area contributed by atoms with Gasteiger partial charge in [-0.05, 0) is 62.0 Å². The first kappa shape index (κ1) is 18.5. The molecule has 24 heavy (non-hydrogen) atoms. The van der Waals surface area contributed by atoms with Crippen LogP contribution in [0.25, 0.3) is 0 Å². The monoisotopic (exact) mass is 349 g/mol. The van der Waals surface area contributed by atoms with Crippen LogP contribution in [0.15, 0.2) is 18.2 Å². The molecule has 0 spiro atoms. The van der Waals surface area contributed by atoms with Crippen molar-refractivity contribution in [3.8, 4) is 5.75 Å². The van der Waals surface area contributed by atoms with E-state index in [1.807, 2.05) is 32.0 Å². The summed E-state index contributed by atoms with van der Waals surface area (Å²) in [6.45, 7) is 6.12. The van der Waals surface area contributed by atoms with Gasteiger partial charge in [-0.2, -0.15) is 0 Å². The van der Waals surface area contributed by atoms with Crippen LogP contribution in [0, 0.1) is 19.8 Å². The lowest BCUT2D eigenvalue weighted by Crippen LogP contribution is -2.52. The van der Waals surface area contributed by atoms with Crippen molar-refractivity contribution in [1.29, 1.82) is 0 Å². The van der Waals surface area contributed by atoms with Crippen LogP contribution in [0.1, 0.15) is 43.7 Å². The van der Waals surface area contributed by atoms with E-state index in [4.69, 9.17) is 17.0 Å². The number of carbonyl (C=O) groups excluding carboxylic acids is 1. The summed E-state index contributed by atoms with van der Waals surface area (Å²) in [7, 11) is 0. The molecule has 0 aliphatic heterocycles. The highest BCUT2D eigenvalue weighted by Crippen LogP contribution is 2.23. The van der Waals surface area contributed by atoms with Gasteiger partial charge in [-0.15, -0.1) is 0 Å². The molecule has 0 unspecified atom stereocenters. The summed E-state index contributed by atoms with van der Waals surface area (Å²) in [4.78, 5) is 11.9. The number of rotatable bonds is 4. The standard InChI is InChI=1S/C18H27N3O2S/c1-12-8-9-14(3)16(10-12)23-11-17(22)20-21-18(24)19-15-7-5-4-6-13(15)2/h8-10,13,15H,4-7,11H2,1-3H3,(H,20,22)(H2,19,21,24)/t13-,15+/m0/s1. The first-order valence-corrected chi connectivity index (χ1v) is 8.92. The molecule has 1 saturated carbocycles. The minimum Gasteiger partial charge on any atom is -0.483 e. The molecule has 0 bridgehead atoms. The fourth-order valence-electron chi connectivity index (χ4n) is 2.90. The van der Waals surface area contributed by atoms with Gasteiger partial charge in [0.1, 0.15) is 5.75 Å². The third kappa shape index (κ3) is 5.67. The van der Waals surface area contributed by atoms with Crippen LogP contribution in [-0.2, 0) is 4.79 Å². The molecule has 0 saturated heterocycles. The van der Waals surface area contributed by atoms with Crippen LogP contribution < -0.4 is 20.9 Å². The van der Waals surface area contributed by atoms with E-state index in [-0.39, 0.29) is 12.5 Å². The maximum absolute atomic E-state index is 11.9. The van der Waals surface area contributed by atoms with Crippen molar-refractivity contribution >= 4 is 23.2 Å². The summed E-state index contributed by atoms with van der Waals surface area (Å²) < 4.78 is 5.56. The summed E-state index contributed by atoms with van der Waals surface area (Å²) in [5.74, 6) is 1.06. The fourth-order valence-corrected chi connectivity index (χ4v) is 3.11. The number of hydrogen-bond acceptors (Lipinski definition) is 3. The second kappa shape index (κ2) is 8.87. The van der Waals surface area contributed by atoms with Gasteiger partial charge in [-0.25, -0.2) is 0 Å². The number of benzene rings is 1. The molecule has 1 aromatic rings. The summed E-state index contributed by atoms with van der Waals surface area (Å²) >= 11 is 5.24. The Morgan fingerprint density at radius 2 is 2.00 bits per heavy atom. The number of ether oxygens (including phenoxy) is 1. The third-order valence-electron chi connectivity index (χ3n) is 4.45. The van der Waals surface area contributed by atoms with Gasteiger partial charge in [-0.3, -0.25) is 15.6 Å². The number of aryl methyl sites for hydroxylation is 2. The topological polar surface area (TPSA) is 62.4 Å². The van der Waals surface area contributed by atoms with Crippen molar-refractivity contribution in [2.24, 2.45) is 5.92 Å². The van der Waals surface area contributed by atoms with Crippen molar-refractivity contribution in [2.45, 2.75) is 52.5 Å². The fraction of sp³-hybridized carbons (Fsp3) is 0.556. The largest absolute Gasteiger partial charge is 0.483 e. The van der Waals surface area contributed by atoms with E-state index in [0.717, 1.165) is 23.3 Å². The van der Waals surface area contributed by atoms with E-state index in [1.54, 1.807) is 0 Å². The van der Waals surface area contributed by atoms with Crippen LogP contribution in [-0.4, -0.2) is 23.7 Å². The number of carbonyl (C=O) groups is 1. The molecule has 0 heterocycles. The summed E-state index contributed by atoms with van der Waals surface area (Å²) in [5.41, 5.74) is 7.43. The lowest BCUT2D eigenvalue weighted by molar-refractivity contribution is -0.123.